The smallest absolute Gasteiger partial charge is 0.224 e. The Morgan fingerprint density at radius 3 is 2.81 bits per heavy atom. The molecule has 0 radical (unpaired) electrons. The minimum absolute atomic E-state index is 0.0339. The predicted molar refractivity (Wildman–Crippen MR) is 67.2 cm³/mol. The zero-order chi connectivity index (χ0) is 12.1. The minimum Gasteiger partial charge on any atom is -0.398 e. The number of nitrogens with two attached hydrogens (primary N) is 1. The average Bonchev–Trinajstić information content (AvgIpc) is 2.23. The average molecular weight is 220 g/mol. The van der Waals surface area contributed by atoms with Crippen LogP contribution in [-0.4, -0.2) is 11.9 Å². The second kappa shape index (κ2) is 5.54. The molecule has 1 amide bonds. The summed E-state index contributed by atoms with van der Waals surface area (Å²) in [6.07, 6.45) is 1.30. The van der Waals surface area contributed by atoms with Crippen LogP contribution in [0, 0.1) is 6.92 Å². The van der Waals surface area contributed by atoms with E-state index < -0.39 is 0 Å². The van der Waals surface area contributed by atoms with Gasteiger partial charge in [0.15, 0.2) is 0 Å². The number of rotatable bonds is 4. The Bertz CT molecular complexity index is 374. The highest BCUT2D eigenvalue weighted by Crippen LogP contribution is 2.14. The largest absolute Gasteiger partial charge is 0.398 e. The summed E-state index contributed by atoms with van der Waals surface area (Å²) in [7, 11) is 0. The van der Waals surface area contributed by atoms with Gasteiger partial charge < -0.3 is 11.1 Å². The maximum atomic E-state index is 11.7. The molecule has 0 heterocycles. The Hall–Kier alpha value is -1.51. The molecular weight excluding hydrogens is 200 g/mol. The topological polar surface area (TPSA) is 55.1 Å². The van der Waals surface area contributed by atoms with E-state index in [0.29, 0.717) is 12.1 Å². The van der Waals surface area contributed by atoms with Crippen molar-refractivity contribution in [3.05, 3.63) is 29.3 Å². The van der Waals surface area contributed by atoms with Crippen LogP contribution in [0.25, 0.3) is 0 Å². The van der Waals surface area contributed by atoms with Gasteiger partial charge in [0.25, 0.3) is 0 Å². The van der Waals surface area contributed by atoms with Crippen LogP contribution >= 0.6 is 0 Å². The number of nitrogens with one attached hydrogen (secondary N) is 1. The SMILES string of the molecule is CC[C@@H](C)NC(=O)Cc1cc(C)ccc1N. The number of hydrogen-bond donors (Lipinski definition) is 2. The van der Waals surface area contributed by atoms with E-state index in [1.54, 1.807) is 0 Å². The zero-order valence-corrected chi connectivity index (χ0v) is 10.2. The number of nitrogen functional groups attached to an aromatic ring is 1. The van der Waals surface area contributed by atoms with Gasteiger partial charge in [-0.15, -0.1) is 0 Å². The molecule has 3 heteroatoms. The molecule has 1 rings (SSSR count). The maximum absolute atomic E-state index is 11.7. The van der Waals surface area contributed by atoms with Crippen LogP contribution in [0.5, 0.6) is 0 Å². The van der Waals surface area contributed by atoms with Gasteiger partial charge in [-0.1, -0.05) is 24.6 Å². The van der Waals surface area contributed by atoms with E-state index in [0.717, 1.165) is 17.5 Å². The van der Waals surface area contributed by atoms with E-state index in [1.807, 2.05) is 39.0 Å². The quantitative estimate of drug-likeness (QED) is 0.763. The van der Waals surface area contributed by atoms with Crippen LogP contribution in [0.4, 0.5) is 5.69 Å². The summed E-state index contributed by atoms with van der Waals surface area (Å²) < 4.78 is 0. The molecule has 0 aromatic heterocycles. The molecule has 0 bridgehead atoms. The first kappa shape index (κ1) is 12.6. The lowest BCUT2D eigenvalue weighted by Gasteiger charge is -2.12. The molecule has 0 fully saturated rings. The van der Waals surface area contributed by atoms with Crippen molar-refractivity contribution in [1.82, 2.24) is 5.32 Å². The fraction of sp³-hybridized carbons (Fsp3) is 0.462. The van der Waals surface area contributed by atoms with Crippen LogP contribution in [-0.2, 0) is 11.2 Å². The Labute approximate surface area is 97.0 Å². The van der Waals surface area contributed by atoms with E-state index in [4.69, 9.17) is 5.73 Å². The second-order valence-electron chi connectivity index (χ2n) is 4.26. The minimum atomic E-state index is 0.0339. The molecule has 0 aliphatic rings. The van der Waals surface area contributed by atoms with E-state index >= 15 is 0 Å². The number of carbonyl (C=O) groups excluding carboxylic acids is 1. The number of benzene rings is 1. The summed E-state index contributed by atoms with van der Waals surface area (Å²) in [6.45, 7) is 6.04. The first-order valence-corrected chi connectivity index (χ1v) is 5.67. The molecule has 0 unspecified atom stereocenters. The van der Waals surface area contributed by atoms with Gasteiger partial charge in [0.05, 0.1) is 6.42 Å². The maximum Gasteiger partial charge on any atom is 0.224 e. The molecule has 1 aromatic rings. The lowest BCUT2D eigenvalue weighted by atomic mass is 10.1. The molecule has 0 saturated heterocycles. The van der Waals surface area contributed by atoms with Gasteiger partial charge in [-0.05, 0) is 31.9 Å². The van der Waals surface area contributed by atoms with Crippen molar-refractivity contribution in [1.29, 1.82) is 0 Å². The Morgan fingerprint density at radius 1 is 1.50 bits per heavy atom. The predicted octanol–water partition coefficient (Wildman–Crippen LogP) is 2.03. The Balaban J connectivity index is 2.65. The van der Waals surface area contributed by atoms with Gasteiger partial charge in [-0.25, -0.2) is 0 Å². The van der Waals surface area contributed by atoms with Gasteiger partial charge in [0.1, 0.15) is 0 Å². The van der Waals surface area contributed by atoms with E-state index in [2.05, 4.69) is 5.32 Å². The van der Waals surface area contributed by atoms with Crippen LogP contribution in [0.2, 0.25) is 0 Å². The summed E-state index contributed by atoms with van der Waals surface area (Å²) in [5.41, 5.74) is 8.54. The summed E-state index contributed by atoms with van der Waals surface area (Å²) in [5, 5.41) is 2.93. The molecule has 0 aliphatic carbocycles. The van der Waals surface area contributed by atoms with E-state index in [1.165, 1.54) is 0 Å². The molecule has 16 heavy (non-hydrogen) atoms. The molecule has 0 saturated carbocycles. The van der Waals surface area contributed by atoms with Crippen molar-refractivity contribution in [3.8, 4) is 0 Å². The monoisotopic (exact) mass is 220 g/mol. The first-order chi connectivity index (χ1) is 7.52. The highest BCUT2D eigenvalue weighted by Gasteiger charge is 2.08. The standard InChI is InChI=1S/C13H20N2O/c1-4-10(3)15-13(16)8-11-7-9(2)5-6-12(11)14/h5-7,10H,4,8,14H2,1-3H3,(H,15,16)/t10-/m1/s1. The number of carbonyl (C=O) groups is 1. The normalized spacial score (nSPS) is 12.2. The molecule has 0 spiro atoms. The van der Waals surface area contributed by atoms with Gasteiger partial charge >= 0.3 is 0 Å². The van der Waals surface area contributed by atoms with E-state index in [-0.39, 0.29) is 11.9 Å². The number of anilines is 1. The fourth-order valence-corrected chi connectivity index (χ4v) is 1.49. The van der Waals surface area contributed by atoms with Crippen molar-refractivity contribution in [3.63, 3.8) is 0 Å². The van der Waals surface area contributed by atoms with Gasteiger partial charge in [0, 0.05) is 11.7 Å². The van der Waals surface area contributed by atoms with Gasteiger partial charge in [-0.2, -0.15) is 0 Å². The van der Waals surface area contributed by atoms with Gasteiger partial charge in [-0.3, -0.25) is 4.79 Å². The van der Waals surface area contributed by atoms with E-state index in [9.17, 15) is 4.79 Å². The van der Waals surface area contributed by atoms with Crippen molar-refractivity contribution >= 4 is 11.6 Å². The summed E-state index contributed by atoms with van der Waals surface area (Å²) in [5.74, 6) is 0.0339. The summed E-state index contributed by atoms with van der Waals surface area (Å²) in [4.78, 5) is 11.7. The third-order valence-corrected chi connectivity index (χ3v) is 2.67. The van der Waals surface area contributed by atoms with Crippen LogP contribution < -0.4 is 11.1 Å². The third-order valence-electron chi connectivity index (χ3n) is 2.67. The van der Waals surface area contributed by atoms with Crippen LogP contribution in [0.15, 0.2) is 18.2 Å². The first-order valence-electron chi connectivity index (χ1n) is 5.67. The van der Waals surface area contributed by atoms with Crippen LogP contribution in [0.1, 0.15) is 31.4 Å². The Morgan fingerprint density at radius 2 is 2.19 bits per heavy atom. The van der Waals surface area contributed by atoms with Crippen molar-refractivity contribution in [2.24, 2.45) is 0 Å². The lowest BCUT2D eigenvalue weighted by Crippen LogP contribution is -2.33. The molecule has 3 N–H and O–H groups in total. The molecule has 1 aromatic carbocycles. The molecule has 0 aliphatic heterocycles. The molecule has 88 valence electrons. The highest BCUT2D eigenvalue weighted by molar-refractivity contribution is 5.80. The summed E-state index contributed by atoms with van der Waals surface area (Å²) >= 11 is 0. The number of aryl methyl sites for hydroxylation is 1. The third kappa shape index (κ3) is 3.57. The highest BCUT2D eigenvalue weighted by atomic mass is 16.1. The summed E-state index contributed by atoms with van der Waals surface area (Å²) in [6, 6.07) is 5.98. The number of hydrogen-bond acceptors (Lipinski definition) is 2. The second-order valence-corrected chi connectivity index (χ2v) is 4.26. The Kier molecular flexibility index (Phi) is 4.35. The fourth-order valence-electron chi connectivity index (χ4n) is 1.49. The number of amides is 1. The van der Waals surface area contributed by atoms with Crippen molar-refractivity contribution in [2.45, 2.75) is 39.7 Å². The van der Waals surface area contributed by atoms with Crippen molar-refractivity contribution < 1.29 is 4.79 Å². The zero-order valence-electron chi connectivity index (χ0n) is 10.2. The van der Waals surface area contributed by atoms with Crippen molar-refractivity contribution in [2.75, 3.05) is 5.73 Å². The lowest BCUT2D eigenvalue weighted by molar-refractivity contribution is -0.121. The molecule has 1 atom stereocenters. The van der Waals surface area contributed by atoms with Gasteiger partial charge in [0.2, 0.25) is 5.91 Å². The molecule has 3 nitrogen and oxygen atoms in total. The van der Waals surface area contributed by atoms with Crippen LogP contribution in [0.3, 0.4) is 0 Å². The molecular formula is C13H20N2O.